The first-order chi connectivity index (χ1) is 9.29. The summed E-state index contributed by atoms with van der Waals surface area (Å²) in [6.45, 7) is 2.26. The van der Waals surface area contributed by atoms with Gasteiger partial charge in [0.05, 0.1) is 6.10 Å². The molecule has 0 spiro atoms. The maximum atomic E-state index is 9.56. The lowest BCUT2D eigenvalue weighted by atomic mass is 9.82. The van der Waals surface area contributed by atoms with Crippen molar-refractivity contribution >= 4 is 0 Å². The van der Waals surface area contributed by atoms with Crippen LogP contribution < -0.4 is 0 Å². The van der Waals surface area contributed by atoms with Gasteiger partial charge < -0.3 is 5.11 Å². The Bertz CT molecular complexity index is 346. The second kappa shape index (κ2) is 7.69. The van der Waals surface area contributed by atoms with Gasteiger partial charge >= 0.3 is 0 Å². The summed E-state index contributed by atoms with van der Waals surface area (Å²) in [5.74, 6) is 0.678. The maximum absolute atomic E-state index is 9.56. The highest BCUT2D eigenvalue weighted by Gasteiger charge is 2.20. The Morgan fingerprint density at radius 2 is 1.63 bits per heavy atom. The molecule has 1 fully saturated rings. The molecule has 0 amide bonds. The highest BCUT2D eigenvalue weighted by molar-refractivity contribution is 5.25. The van der Waals surface area contributed by atoms with E-state index < -0.39 is 0 Å². The van der Waals surface area contributed by atoms with E-state index in [0.717, 1.165) is 25.7 Å². The minimum absolute atomic E-state index is 0.0471. The van der Waals surface area contributed by atoms with Crippen LogP contribution in [0.15, 0.2) is 24.3 Å². The summed E-state index contributed by atoms with van der Waals surface area (Å²) >= 11 is 0. The molecular formula is C18H28O. The molecule has 2 rings (SSSR count). The Hall–Kier alpha value is -0.820. The summed E-state index contributed by atoms with van der Waals surface area (Å²) in [7, 11) is 0. The number of aliphatic hydroxyl groups excluding tert-OH is 1. The molecular weight excluding hydrogens is 232 g/mol. The fourth-order valence-electron chi connectivity index (χ4n) is 3.12. The van der Waals surface area contributed by atoms with Crippen LogP contribution in [0.5, 0.6) is 0 Å². The van der Waals surface area contributed by atoms with E-state index in [0.29, 0.717) is 5.92 Å². The Labute approximate surface area is 118 Å². The molecule has 0 bridgehead atoms. The van der Waals surface area contributed by atoms with Crippen molar-refractivity contribution < 1.29 is 5.11 Å². The Kier molecular flexibility index (Phi) is 5.91. The van der Waals surface area contributed by atoms with Crippen molar-refractivity contribution in [3.05, 3.63) is 35.4 Å². The lowest BCUT2D eigenvalue weighted by Gasteiger charge is -2.25. The zero-order valence-electron chi connectivity index (χ0n) is 12.3. The van der Waals surface area contributed by atoms with Gasteiger partial charge in [-0.15, -0.1) is 0 Å². The van der Waals surface area contributed by atoms with Crippen molar-refractivity contribution in [2.45, 2.75) is 76.7 Å². The standard InChI is InChI=1S/C18H28O/c1-2-3-4-5-6-15-7-9-16(10-8-15)17-11-13-18(19)14-12-17/h7-10,17-19H,2-6,11-14H2,1H3. The molecule has 0 radical (unpaired) electrons. The molecule has 1 N–H and O–H groups in total. The molecule has 0 aliphatic heterocycles. The molecule has 1 aromatic carbocycles. The van der Waals surface area contributed by atoms with E-state index in [4.69, 9.17) is 0 Å². The molecule has 1 heteroatoms. The number of aryl methyl sites for hydroxylation is 1. The van der Waals surface area contributed by atoms with Gasteiger partial charge in [-0.3, -0.25) is 0 Å². The minimum Gasteiger partial charge on any atom is -0.393 e. The number of unbranched alkanes of at least 4 members (excludes halogenated alkanes) is 3. The molecule has 0 heterocycles. The van der Waals surface area contributed by atoms with Crippen molar-refractivity contribution in [3.63, 3.8) is 0 Å². The number of aliphatic hydroxyl groups is 1. The third-order valence-corrected chi connectivity index (χ3v) is 4.47. The van der Waals surface area contributed by atoms with Crippen LogP contribution in [0.1, 0.15) is 75.3 Å². The normalized spacial score (nSPS) is 23.5. The lowest BCUT2D eigenvalue weighted by molar-refractivity contribution is 0.122. The van der Waals surface area contributed by atoms with Gasteiger partial charge in [-0.2, -0.15) is 0 Å². The highest BCUT2D eigenvalue weighted by Crippen LogP contribution is 2.32. The van der Waals surface area contributed by atoms with Gasteiger partial charge in [0.15, 0.2) is 0 Å². The van der Waals surface area contributed by atoms with E-state index in [9.17, 15) is 5.11 Å². The number of benzene rings is 1. The van der Waals surface area contributed by atoms with E-state index in [1.165, 1.54) is 43.2 Å². The molecule has 1 saturated carbocycles. The summed E-state index contributed by atoms with van der Waals surface area (Å²) in [5, 5.41) is 9.56. The predicted octanol–water partition coefficient (Wildman–Crippen LogP) is 4.83. The van der Waals surface area contributed by atoms with Gasteiger partial charge in [0.1, 0.15) is 0 Å². The van der Waals surface area contributed by atoms with Crippen LogP contribution in [-0.2, 0) is 6.42 Å². The average molecular weight is 260 g/mol. The van der Waals surface area contributed by atoms with Crippen molar-refractivity contribution in [2.75, 3.05) is 0 Å². The zero-order valence-corrected chi connectivity index (χ0v) is 12.3. The second-order valence-electron chi connectivity index (χ2n) is 6.06. The zero-order chi connectivity index (χ0) is 13.5. The van der Waals surface area contributed by atoms with Gasteiger partial charge in [-0.25, -0.2) is 0 Å². The molecule has 19 heavy (non-hydrogen) atoms. The van der Waals surface area contributed by atoms with Crippen LogP contribution >= 0.6 is 0 Å². The Balaban J connectivity index is 1.81. The van der Waals surface area contributed by atoms with Crippen molar-refractivity contribution in [1.82, 2.24) is 0 Å². The van der Waals surface area contributed by atoms with Crippen molar-refractivity contribution in [2.24, 2.45) is 0 Å². The van der Waals surface area contributed by atoms with E-state index >= 15 is 0 Å². The van der Waals surface area contributed by atoms with E-state index in [1.54, 1.807) is 0 Å². The minimum atomic E-state index is -0.0471. The molecule has 106 valence electrons. The third-order valence-electron chi connectivity index (χ3n) is 4.47. The maximum Gasteiger partial charge on any atom is 0.0540 e. The summed E-state index contributed by atoms with van der Waals surface area (Å²) in [5.41, 5.74) is 2.96. The monoisotopic (exact) mass is 260 g/mol. The quantitative estimate of drug-likeness (QED) is 0.726. The fourth-order valence-corrected chi connectivity index (χ4v) is 3.12. The van der Waals surface area contributed by atoms with Gasteiger partial charge in [-0.05, 0) is 55.6 Å². The lowest BCUT2D eigenvalue weighted by Crippen LogP contribution is -2.16. The van der Waals surface area contributed by atoms with Gasteiger partial charge in [0.2, 0.25) is 0 Å². The second-order valence-corrected chi connectivity index (χ2v) is 6.06. The number of hydrogen-bond acceptors (Lipinski definition) is 1. The van der Waals surface area contributed by atoms with Gasteiger partial charge in [0, 0.05) is 0 Å². The summed E-state index contributed by atoms with van der Waals surface area (Å²) in [6, 6.07) is 9.26. The summed E-state index contributed by atoms with van der Waals surface area (Å²) in [6.07, 6.45) is 10.8. The van der Waals surface area contributed by atoms with Crippen LogP contribution in [0.3, 0.4) is 0 Å². The number of hydrogen-bond donors (Lipinski definition) is 1. The van der Waals surface area contributed by atoms with Crippen LogP contribution in [0, 0.1) is 0 Å². The van der Waals surface area contributed by atoms with Crippen molar-refractivity contribution in [3.8, 4) is 0 Å². The first kappa shape index (κ1) is 14.6. The van der Waals surface area contributed by atoms with Crippen LogP contribution in [0.2, 0.25) is 0 Å². The van der Waals surface area contributed by atoms with E-state index in [1.807, 2.05) is 0 Å². The smallest absolute Gasteiger partial charge is 0.0540 e. The third kappa shape index (κ3) is 4.65. The fraction of sp³-hybridized carbons (Fsp3) is 0.667. The van der Waals surface area contributed by atoms with E-state index in [-0.39, 0.29) is 6.10 Å². The molecule has 1 aliphatic rings. The molecule has 0 saturated heterocycles. The highest BCUT2D eigenvalue weighted by atomic mass is 16.3. The first-order valence-electron chi connectivity index (χ1n) is 8.06. The molecule has 1 aromatic rings. The molecule has 0 atom stereocenters. The Morgan fingerprint density at radius 1 is 0.947 bits per heavy atom. The average Bonchev–Trinajstić information content (AvgIpc) is 2.45. The summed E-state index contributed by atoms with van der Waals surface area (Å²) in [4.78, 5) is 0. The van der Waals surface area contributed by atoms with Gasteiger partial charge in [-0.1, -0.05) is 50.5 Å². The van der Waals surface area contributed by atoms with Gasteiger partial charge in [0.25, 0.3) is 0 Å². The Morgan fingerprint density at radius 3 is 2.26 bits per heavy atom. The van der Waals surface area contributed by atoms with E-state index in [2.05, 4.69) is 31.2 Å². The first-order valence-corrected chi connectivity index (χ1v) is 8.06. The topological polar surface area (TPSA) is 20.2 Å². The number of rotatable bonds is 6. The molecule has 1 nitrogen and oxygen atoms in total. The predicted molar refractivity (Wildman–Crippen MR) is 81.5 cm³/mol. The molecule has 1 aliphatic carbocycles. The van der Waals surface area contributed by atoms with Crippen LogP contribution in [-0.4, -0.2) is 11.2 Å². The van der Waals surface area contributed by atoms with Crippen LogP contribution in [0.25, 0.3) is 0 Å². The summed E-state index contributed by atoms with van der Waals surface area (Å²) < 4.78 is 0. The molecule has 0 unspecified atom stereocenters. The largest absolute Gasteiger partial charge is 0.393 e. The molecule has 0 aromatic heterocycles. The van der Waals surface area contributed by atoms with Crippen LogP contribution in [0.4, 0.5) is 0 Å². The SMILES string of the molecule is CCCCCCc1ccc(C2CCC(O)CC2)cc1. The van der Waals surface area contributed by atoms with Crippen molar-refractivity contribution in [1.29, 1.82) is 0 Å².